The maximum atomic E-state index is 13.0. The summed E-state index contributed by atoms with van der Waals surface area (Å²) in [5.74, 6) is -2.26. The summed E-state index contributed by atoms with van der Waals surface area (Å²) in [5, 5.41) is 11.8. The summed E-state index contributed by atoms with van der Waals surface area (Å²) in [4.78, 5) is 37.6. The van der Waals surface area contributed by atoms with Crippen LogP contribution in [0.2, 0.25) is 0 Å². The Hall–Kier alpha value is -3.27. The third-order valence-corrected chi connectivity index (χ3v) is 17.4. The van der Waals surface area contributed by atoms with E-state index in [2.05, 4.69) is 86.8 Å². The molecule has 530 valence electrons. The van der Waals surface area contributed by atoms with Gasteiger partial charge in [-0.15, -0.1) is 0 Å². The van der Waals surface area contributed by atoms with Crippen LogP contribution in [-0.2, 0) is 33.3 Å². The van der Waals surface area contributed by atoms with E-state index in [1.807, 2.05) is 21.1 Å². The number of aliphatic carboxylic acids is 1. The fourth-order valence-electron chi connectivity index (χ4n) is 11.5. The Kier molecular flexibility index (Phi) is 69.9. The number of carboxylic acid groups (broad SMARTS) is 1. The van der Waals surface area contributed by atoms with Crippen LogP contribution in [-0.4, -0.2) is 82.3 Å². The maximum absolute atomic E-state index is 13.0. The Balaban J connectivity index is 3.96. The average molecular weight is 1280 g/mol. The fraction of sp³-hybridized carbons (Fsp3) is 0.817. The number of carbonyl (C=O) groups is 3. The molecule has 2 unspecified atom stereocenters. The number of hydrogen-bond donors (Lipinski definition) is 0. The second-order valence-corrected chi connectivity index (χ2v) is 27.6. The summed E-state index contributed by atoms with van der Waals surface area (Å²) in [6.45, 7) is 4.68. The van der Waals surface area contributed by atoms with Crippen molar-refractivity contribution in [2.75, 3.05) is 47.5 Å². The fourth-order valence-corrected chi connectivity index (χ4v) is 11.5. The molecule has 0 aromatic heterocycles. The molecule has 91 heavy (non-hydrogen) atoms. The van der Waals surface area contributed by atoms with Crippen LogP contribution in [0.3, 0.4) is 0 Å². The smallest absolute Gasteiger partial charge is 0.306 e. The van der Waals surface area contributed by atoms with Crippen molar-refractivity contribution >= 4 is 17.9 Å². The Morgan fingerprint density at radius 3 is 0.934 bits per heavy atom. The zero-order chi connectivity index (χ0) is 66.1. The van der Waals surface area contributed by atoms with Crippen LogP contribution >= 0.6 is 0 Å². The third kappa shape index (κ3) is 74.0. The molecular formula is C82H149NO8. The van der Waals surface area contributed by atoms with E-state index in [4.69, 9.17) is 18.9 Å². The van der Waals surface area contributed by atoms with Gasteiger partial charge in [0, 0.05) is 12.8 Å². The van der Waals surface area contributed by atoms with Crippen molar-refractivity contribution in [1.82, 2.24) is 0 Å². The first-order valence-corrected chi connectivity index (χ1v) is 39.1. The highest BCUT2D eigenvalue weighted by atomic mass is 16.7. The SMILES string of the molecule is CC/C=C\C/C=C\C/C=C\C/C=C\CCCCCCCCCCCCCCCCC(=O)OC(COC(=O)CCCCCCCCCCCCCCCCCCCCCCCCCCCCC/C=C\C/C=C\CCCCCCC)COC(OCC[N+](C)(C)C)C(=O)[O-]. The van der Waals surface area contributed by atoms with Crippen molar-refractivity contribution in [3.05, 3.63) is 72.9 Å². The van der Waals surface area contributed by atoms with E-state index in [0.29, 0.717) is 23.9 Å². The molecule has 0 radical (unpaired) electrons. The summed E-state index contributed by atoms with van der Waals surface area (Å²) in [6.07, 6.45) is 94.5. The quantitative estimate of drug-likeness (QED) is 0.0195. The Labute approximate surface area is 564 Å². The van der Waals surface area contributed by atoms with Gasteiger partial charge in [-0.25, -0.2) is 0 Å². The molecule has 0 saturated carbocycles. The predicted molar refractivity (Wildman–Crippen MR) is 389 cm³/mol. The van der Waals surface area contributed by atoms with Gasteiger partial charge in [-0.2, -0.15) is 0 Å². The number of esters is 2. The van der Waals surface area contributed by atoms with Crippen molar-refractivity contribution in [2.24, 2.45) is 0 Å². The van der Waals surface area contributed by atoms with Crippen molar-refractivity contribution < 1.29 is 42.9 Å². The molecule has 0 aromatic rings. The predicted octanol–water partition coefficient (Wildman–Crippen LogP) is 23.5. The van der Waals surface area contributed by atoms with Crippen molar-refractivity contribution in [3.8, 4) is 0 Å². The summed E-state index contributed by atoms with van der Waals surface area (Å²) in [6, 6.07) is 0. The standard InChI is InChI=1S/C82H149NO8/c1-6-8-10-12-14-16-18-20-22-24-26-28-30-32-34-35-36-37-38-39-40-41-42-43-44-45-47-48-50-52-54-56-58-60-62-64-66-68-70-72-79(84)89-76-78(77-90-82(81(86)87)88-75-74-83(3,4)5)91-80(85)73-71-69-67-65-63-61-59-57-55-53-51-49-46-33-31-29-27-25-23-21-19-17-15-13-11-9-7-2/h9,11,15,17-18,20-21,23-24,26-27,29,78,82H,6-8,10,12-14,16,19,22,25,28,30-77H2,1-5H3/b11-9-,17-15-,20-18-,23-21-,26-24-,29-27-. The maximum Gasteiger partial charge on any atom is 0.306 e. The minimum atomic E-state index is -1.62. The van der Waals surface area contributed by atoms with E-state index in [1.54, 1.807) is 0 Å². The molecule has 0 rings (SSSR count). The Morgan fingerprint density at radius 2 is 0.626 bits per heavy atom. The van der Waals surface area contributed by atoms with Gasteiger partial charge in [0.2, 0.25) is 0 Å². The zero-order valence-electron chi connectivity index (χ0n) is 60.7. The Morgan fingerprint density at radius 1 is 0.341 bits per heavy atom. The first kappa shape index (κ1) is 87.7. The number of likely N-dealkylation sites (N-methyl/N-ethyl adjacent to an activating group) is 1. The van der Waals surface area contributed by atoms with Gasteiger partial charge in [0.05, 0.1) is 40.3 Å². The third-order valence-electron chi connectivity index (χ3n) is 17.4. The lowest BCUT2D eigenvalue weighted by atomic mass is 10.0. The Bertz CT molecular complexity index is 1730. The molecule has 0 spiro atoms. The molecule has 0 saturated heterocycles. The molecule has 0 aliphatic heterocycles. The molecule has 2 atom stereocenters. The molecule has 0 fully saturated rings. The molecule has 9 nitrogen and oxygen atoms in total. The van der Waals surface area contributed by atoms with E-state index in [1.165, 1.54) is 270 Å². The van der Waals surface area contributed by atoms with Crippen molar-refractivity contribution in [3.63, 3.8) is 0 Å². The molecule has 0 amide bonds. The van der Waals surface area contributed by atoms with Gasteiger partial charge in [0.1, 0.15) is 13.2 Å². The lowest BCUT2D eigenvalue weighted by Gasteiger charge is -2.26. The lowest BCUT2D eigenvalue weighted by Crippen LogP contribution is -2.44. The molecule has 0 aliphatic carbocycles. The summed E-state index contributed by atoms with van der Waals surface area (Å²) >= 11 is 0. The van der Waals surface area contributed by atoms with Crippen LogP contribution in [0.4, 0.5) is 0 Å². The van der Waals surface area contributed by atoms with Gasteiger partial charge in [-0.1, -0.05) is 350 Å². The second-order valence-electron chi connectivity index (χ2n) is 27.6. The van der Waals surface area contributed by atoms with Gasteiger partial charge in [-0.3, -0.25) is 9.59 Å². The molecule has 0 N–H and O–H groups in total. The number of carbonyl (C=O) groups excluding carboxylic acids is 3. The van der Waals surface area contributed by atoms with Gasteiger partial charge in [0.25, 0.3) is 0 Å². The van der Waals surface area contributed by atoms with Crippen molar-refractivity contribution in [2.45, 2.75) is 386 Å². The van der Waals surface area contributed by atoms with Crippen LogP contribution < -0.4 is 5.11 Å². The molecule has 0 heterocycles. The molecular weight excluding hydrogens is 1130 g/mol. The summed E-state index contributed by atoms with van der Waals surface area (Å²) in [5.41, 5.74) is 0. The first-order valence-electron chi connectivity index (χ1n) is 39.1. The molecule has 0 bridgehead atoms. The van der Waals surface area contributed by atoms with E-state index < -0.39 is 24.3 Å². The van der Waals surface area contributed by atoms with E-state index in [-0.39, 0.29) is 32.2 Å². The number of rotatable bonds is 73. The van der Waals surface area contributed by atoms with E-state index >= 15 is 0 Å². The van der Waals surface area contributed by atoms with Gasteiger partial charge >= 0.3 is 11.9 Å². The number of quaternary nitrogens is 1. The largest absolute Gasteiger partial charge is 0.545 e. The number of allylic oxidation sites excluding steroid dienone is 12. The lowest BCUT2D eigenvalue weighted by molar-refractivity contribution is -0.870. The normalized spacial score (nSPS) is 13.0. The summed E-state index contributed by atoms with van der Waals surface area (Å²) in [7, 11) is 5.94. The van der Waals surface area contributed by atoms with Gasteiger partial charge in [0.15, 0.2) is 12.4 Å². The van der Waals surface area contributed by atoms with Crippen LogP contribution in [0.1, 0.15) is 373 Å². The number of nitrogens with zero attached hydrogens (tertiary/aromatic N) is 1. The monoisotopic (exact) mass is 1280 g/mol. The summed E-state index contributed by atoms with van der Waals surface area (Å²) < 4.78 is 22.9. The highest BCUT2D eigenvalue weighted by molar-refractivity contribution is 5.70. The first-order chi connectivity index (χ1) is 44.6. The average Bonchev–Trinajstić information content (AvgIpc) is 3.46. The van der Waals surface area contributed by atoms with Crippen LogP contribution in [0.5, 0.6) is 0 Å². The van der Waals surface area contributed by atoms with Crippen LogP contribution in [0.25, 0.3) is 0 Å². The molecule has 9 heteroatoms. The number of hydrogen-bond acceptors (Lipinski definition) is 8. The highest BCUT2D eigenvalue weighted by Gasteiger charge is 2.22. The minimum Gasteiger partial charge on any atom is -0.545 e. The van der Waals surface area contributed by atoms with Gasteiger partial charge in [-0.05, 0) is 83.5 Å². The van der Waals surface area contributed by atoms with Crippen LogP contribution in [0.15, 0.2) is 72.9 Å². The number of ether oxygens (including phenoxy) is 4. The number of unbranched alkanes of at least 4 members (excludes halogenated alkanes) is 46. The van der Waals surface area contributed by atoms with E-state index in [9.17, 15) is 19.5 Å². The van der Waals surface area contributed by atoms with Crippen molar-refractivity contribution in [1.29, 1.82) is 0 Å². The van der Waals surface area contributed by atoms with Gasteiger partial charge < -0.3 is 33.3 Å². The number of carboxylic acids is 1. The topological polar surface area (TPSA) is 111 Å². The molecule has 0 aromatic carbocycles. The van der Waals surface area contributed by atoms with Crippen LogP contribution in [0, 0.1) is 0 Å². The highest BCUT2D eigenvalue weighted by Crippen LogP contribution is 2.19. The zero-order valence-corrected chi connectivity index (χ0v) is 60.7. The second kappa shape index (κ2) is 72.6. The molecule has 0 aliphatic rings. The minimum absolute atomic E-state index is 0.148. The van der Waals surface area contributed by atoms with E-state index in [0.717, 1.165) is 70.6 Å².